The van der Waals surface area contributed by atoms with Crippen LogP contribution in [0.25, 0.3) is 0 Å². The van der Waals surface area contributed by atoms with Gasteiger partial charge in [-0.2, -0.15) is 0 Å². The topological polar surface area (TPSA) is 24.4 Å². The van der Waals surface area contributed by atoms with Gasteiger partial charge in [-0.25, -0.2) is 0 Å². The molecule has 0 unspecified atom stereocenters. The van der Waals surface area contributed by atoms with E-state index in [2.05, 4.69) is 31.1 Å². The third-order valence-corrected chi connectivity index (χ3v) is 1.78. The quantitative estimate of drug-likeness (QED) is 0.492. The summed E-state index contributed by atoms with van der Waals surface area (Å²) in [5, 5.41) is 3.15. The number of rotatable bonds is 0. The highest BCUT2D eigenvalue weighted by molar-refractivity contribution is 5.59. The molecule has 0 aromatic carbocycles. The minimum atomic E-state index is 0.181. The molecular formula is C6H12N2. The minimum Gasteiger partial charge on any atom is -0.369 e. The third kappa shape index (κ3) is 0.703. The van der Waals surface area contributed by atoms with Crippen molar-refractivity contribution in [3.63, 3.8) is 0 Å². The predicted molar refractivity (Wildman–Crippen MR) is 35.2 cm³/mol. The Morgan fingerprint density at radius 3 is 2.38 bits per heavy atom. The smallest absolute Gasteiger partial charge is 0.0833 e. The molecule has 0 bridgehead atoms. The standard InChI is InChI=1S/C6H12N2/c1-5-6(2,3)8-4-7-5/h4-5H,1-3H3,(H,7,8)/t5-/m1/s1. The van der Waals surface area contributed by atoms with Crippen LogP contribution in [0.1, 0.15) is 20.8 Å². The summed E-state index contributed by atoms with van der Waals surface area (Å²) in [6, 6.07) is 0.419. The molecule has 1 heterocycles. The van der Waals surface area contributed by atoms with E-state index in [1.807, 2.05) is 0 Å². The van der Waals surface area contributed by atoms with Crippen LogP contribution in [0.15, 0.2) is 4.99 Å². The number of hydrogen-bond acceptors (Lipinski definition) is 2. The van der Waals surface area contributed by atoms with Gasteiger partial charge in [-0.15, -0.1) is 0 Å². The zero-order valence-corrected chi connectivity index (χ0v) is 5.60. The highest BCUT2D eigenvalue weighted by atomic mass is 15.1. The second kappa shape index (κ2) is 1.47. The normalized spacial score (nSPS) is 32.6. The first kappa shape index (κ1) is 5.60. The van der Waals surface area contributed by atoms with Gasteiger partial charge in [0.15, 0.2) is 0 Å². The van der Waals surface area contributed by atoms with Crippen molar-refractivity contribution in [3.05, 3.63) is 0 Å². The molecule has 8 heavy (non-hydrogen) atoms. The molecule has 1 N–H and O–H groups in total. The number of nitrogens with zero attached hydrogens (tertiary/aromatic N) is 1. The molecule has 1 aliphatic heterocycles. The van der Waals surface area contributed by atoms with Gasteiger partial charge in [0.05, 0.1) is 17.9 Å². The van der Waals surface area contributed by atoms with Crippen molar-refractivity contribution >= 4 is 6.34 Å². The van der Waals surface area contributed by atoms with Gasteiger partial charge in [-0.05, 0) is 20.8 Å². The summed E-state index contributed by atoms with van der Waals surface area (Å²) in [4.78, 5) is 4.15. The SMILES string of the molecule is C[C@H]1N=CNC1(C)C. The molecule has 0 saturated heterocycles. The zero-order chi connectivity index (χ0) is 6.20. The summed E-state index contributed by atoms with van der Waals surface area (Å²) in [5.41, 5.74) is 0.181. The molecule has 0 aromatic rings. The summed E-state index contributed by atoms with van der Waals surface area (Å²) in [6.45, 7) is 6.39. The highest BCUT2D eigenvalue weighted by Crippen LogP contribution is 2.14. The van der Waals surface area contributed by atoms with Crippen molar-refractivity contribution in [1.82, 2.24) is 5.32 Å². The van der Waals surface area contributed by atoms with Gasteiger partial charge in [-0.3, -0.25) is 4.99 Å². The fraction of sp³-hybridized carbons (Fsp3) is 0.833. The molecule has 2 heteroatoms. The van der Waals surface area contributed by atoms with Crippen molar-refractivity contribution in [2.24, 2.45) is 4.99 Å². The van der Waals surface area contributed by atoms with Gasteiger partial charge in [-0.1, -0.05) is 0 Å². The van der Waals surface area contributed by atoms with Crippen molar-refractivity contribution in [3.8, 4) is 0 Å². The number of nitrogens with one attached hydrogen (secondary N) is 1. The van der Waals surface area contributed by atoms with Crippen molar-refractivity contribution < 1.29 is 0 Å². The first-order valence-electron chi connectivity index (χ1n) is 2.92. The summed E-state index contributed by atoms with van der Waals surface area (Å²) in [5.74, 6) is 0. The van der Waals surface area contributed by atoms with Crippen LogP contribution in [0, 0.1) is 0 Å². The third-order valence-electron chi connectivity index (χ3n) is 1.78. The average Bonchev–Trinajstić information content (AvgIpc) is 1.86. The molecule has 0 spiro atoms. The van der Waals surface area contributed by atoms with E-state index >= 15 is 0 Å². The van der Waals surface area contributed by atoms with Crippen molar-refractivity contribution in [2.45, 2.75) is 32.4 Å². The Morgan fingerprint density at radius 2 is 2.25 bits per heavy atom. The van der Waals surface area contributed by atoms with E-state index in [0.717, 1.165) is 0 Å². The first-order chi connectivity index (χ1) is 3.63. The minimum absolute atomic E-state index is 0.181. The summed E-state index contributed by atoms with van der Waals surface area (Å²) >= 11 is 0. The lowest BCUT2D eigenvalue weighted by atomic mass is 9.99. The Hall–Kier alpha value is -0.530. The maximum Gasteiger partial charge on any atom is 0.0833 e. The second-order valence-corrected chi connectivity index (χ2v) is 2.82. The molecule has 0 fully saturated rings. The molecule has 0 aliphatic carbocycles. The molecule has 1 atom stereocenters. The maximum absolute atomic E-state index is 4.15. The van der Waals surface area contributed by atoms with E-state index in [-0.39, 0.29) is 5.54 Å². The van der Waals surface area contributed by atoms with Gasteiger partial charge in [0.2, 0.25) is 0 Å². The Kier molecular flexibility index (Phi) is 1.03. The first-order valence-corrected chi connectivity index (χ1v) is 2.92. The van der Waals surface area contributed by atoms with E-state index in [1.54, 1.807) is 6.34 Å². The largest absolute Gasteiger partial charge is 0.369 e. The summed E-state index contributed by atoms with van der Waals surface area (Å²) < 4.78 is 0. The lowest BCUT2D eigenvalue weighted by Crippen LogP contribution is -2.40. The lowest BCUT2D eigenvalue weighted by Gasteiger charge is -2.22. The van der Waals surface area contributed by atoms with E-state index in [9.17, 15) is 0 Å². The molecule has 0 amide bonds. The molecule has 0 radical (unpaired) electrons. The second-order valence-electron chi connectivity index (χ2n) is 2.82. The Balaban J connectivity index is 2.64. The van der Waals surface area contributed by atoms with Gasteiger partial charge < -0.3 is 5.32 Å². The maximum atomic E-state index is 4.15. The van der Waals surface area contributed by atoms with Gasteiger partial charge in [0.25, 0.3) is 0 Å². The van der Waals surface area contributed by atoms with E-state index in [4.69, 9.17) is 0 Å². The lowest BCUT2D eigenvalue weighted by molar-refractivity contribution is 0.423. The molecule has 0 aromatic heterocycles. The predicted octanol–water partition coefficient (Wildman–Crippen LogP) is 0.785. The van der Waals surface area contributed by atoms with Crippen molar-refractivity contribution in [1.29, 1.82) is 0 Å². The van der Waals surface area contributed by atoms with Crippen LogP contribution in [0.4, 0.5) is 0 Å². The van der Waals surface area contributed by atoms with Crippen LogP contribution in [-0.4, -0.2) is 17.9 Å². The molecule has 0 saturated carbocycles. The molecule has 46 valence electrons. The Bertz CT molecular complexity index is 116. The monoisotopic (exact) mass is 112 g/mol. The van der Waals surface area contributed by atoms with E-state index < -0.39 is 0 Å². The highest BCUT2D eigenvalue weighted by Gasteiger charge is 2.26. The molecule has 1 aliphatic rings. The van der Waals surface area contributed by atoms with Crippen LogP contribution in [-0.2, 0) is 0 Å². The molecular weight excluding hydrogens is 100 g/mol. The van der Waals surface area contributed by atoms with E-state index in [0.29, 0.717) is 6.04 Å². The molecule has 1 rings (SSSR count). The zero-order valence-electron chi connectivity index (χ0n) is 5.60. The van der Waals surface area contributed by atoms with Gasteiger partial charge >= 0.3 is 0 Å². The summed E-state index contributed by atoms with van der Waals surface area (Å²) in [6.07, 6.45) is 1.78. The van der Waals surface area contributed by atoms with Crippen molar-refractivity contribution in [2.75, 3.05) is 0 Å². The van der Waals surface area contributed by atoms with E-state index in [1.165, 1.54) is 0 Å². The van der Waals surface area contributed by atoms with Crippen LogP contribution in [0.3, 0.4) is 0 Å². The Labute approximate surface area is 50.0 Å². The molecule has 2 nitrogen and oxygen atoms in total. The van der Waals surface area contributed by atoms with Crippen LogP contribution in [0.2, 0.25) is 0 Å². The number of hydrogen-bond donors (Lipinski definition) is 1. The Morgan fingerprint density at radius 1 is 1.62 bits per heavy atom. The van der Waals surface area contributed by atoms with Crippen LogP contribution >= 0.6 is 0 Å². The fourth-order valence-electron chi connectivity index (χ4n) is 0.622. The number of aliphatic imine (C=N–C) groups is 1. The van der Waals surface area contributed by atoms with Crippen LogP contribution < -0.4 is 5.32 Å². The van der Waals surface area contributed by atoms with Gasteiger partial charge in [0, 0.05) is 0 Å². The van der Waals surface area contributed by atoms with Crippen LogP contribution in [0.5, 0.6) is 0 Å². The summed E-state index contributed by atoms with van der Waals surface area (Å²) in [7, 11) is 0. The fourth-order valence-corrected chi connectivity index (χ4v) is 0.622. The van der Waals surface area contributed by atoms with Gasteiger partial charge in [0.1, 0.15) is 0 Å². The average molecular weight is 112 g/mol.